The van der Waals surface area contributed by atoms with Gasteiger partial charge in [-0.25, -0.2) is 0 Å². The summed E-state index contributed by atoms with van der Waals surface area (Å²) in [7, 11) is 0. The molecule has 86 valence electrons. The zero-order valence-corrected chi connectivity index (χ0v) is 10.0. The molecule has 0 aromatic heterocycles. The van der Waals surface area contributed by atoms with Crippen molar-refractivity contribution in [2.24, 2.45) is 0 Å². The lowest BCUT2D eigenvalue weighted by molar-refractivity contribution is 0.482. The molecule has 1 heterocycles. The fraction of sp³-hybridized carbons (Fsp3) is 0.385. The van der Waals surface area contributed by atoms with E-state index >= 15 is 0 Å². The average molecular weight is 237 g/mol. The molecule has 2 rings (SSSR count). The first-order valence-electron chi connectivity index (χ1n) is 5.62. The van der Waals surface area contributed by atoms with Gasteiger partial charge in [-0.15, -0.1) is 18.2 Å². The number of hydrogen-bond acceptors (Lipinski definition) is 2. The van der Waals surface area contributed by atoms with E-state index in [1.54, 1.807) is 0 Å². The van der Waals surface area contributed by atoms with Crippen LogP contribution in [0, 0.1) is 0 Å². The van der Waals surface area contributed by atoms with Crippen LogP contribution in [-0.4, -0.2) is 31.1 Å². The highest BCUT2D eigenvalue weighted by Gasteiger charge is 2.26. The van der Waals surface area contributed by atoms with E-state index in [2.05, 4.69) is 41.1 Å². The van der Waals surface area contributed by atoms with Crippen LogP contribution in [0.15, 0.2) is 43.0 Å². The van der Waals surface area contributed by atoms with Gasteiger partial charge in [-0.3, -0.25) is 0 Å². The van der Waals surface area contributed by atoms with Crippen LogP contribution in [0.3, 0.4) is 0 Å². The molecule has 0 aliphatic carbocycles. The highest BCUT2D eigenvalue weighted by molar-refractivity contribution is 6.22. The minimum absolute atomic E-state index is 0.0204. The first-order valence-corrected chi connectivity index (χ1v) is 6.05. The lowest BCUT2D eigenvalue weighted by atomic mass is 10.1. The predicted octanol–water partition coefficient (Wildman–Crippen LogP) is 2.26. The Morgan fingerprint density at radius 1 is 1.44 bits per heavy atom. The van der Waals surface area contributed by atoms with Gasteiger partial charge in [0, 0.05) is 25.3 Å². The average Bonchev–Trinajstić information content (AvgIpc) is 2.39. The van der Waals surface area contributed by atoms with Crippen molar-refractivity contribution >= 4 is 17.3 Å². The first kappa shape index (κ1) is 11.5. The second-order valence-corrected chi connectivity index (χ2v) is 4.48. The molecule has 1 aromatic carbocycles. The maximum absolute atomic E-state index is 6.29. The molecule has 0 spiro atoms. The van der Waals surface area contributed by atoms with Crippen LogP contribution in [0.2, 0.25) is 0 Å². The van der Waals surface area contributed by atoms with Gasteiger partial charge in [0.1, 0.15) is 0 Å². The molecule has 0 radical (unpaired) electrons. The van der Waals surface area contributed by atoms with Crippen LogP contribution < -0.4 is 10.2 Å². The lowest BCUT2D eigenvalue weighted by Crippen LogP contribution is -2.55. The molecular weight excluding hydrogens is 220 g/mol. The van der Waals surface area contributed by atoms with Crippen LogP contribution in [0.5, 0.6) is 0 Å². The third-order valence-corrected chi connectivity index (χ3v) is 3.43. The summed E-state index contributed by atoms with van der Waals surface area (Å²) >= 11 is 6.29. The normalized spacial score (nSPS) is 22.8. The fourth-order valence-electron chi connectivity index (χ4n) is 2.11. The standard InChI is InChI=1S/C13H17ClN2/c1-2-12(14)13-10-15-8-9-16(13)11-6-4-3-5-7-11/h2-7,12-13,15H,1,8-10H2. The molecule has 1 saturated heterocycles. The zero-order valence-electron chi connectivity index (χ0n) is 9.27. The molecular formula is C13H17ClN2. The topological polar surface area (TPSA) is 15.3 Å². The second-order valence-electron chi connectivity index (χ2n) is 3.98. The van der Waals surface area contributed by atoms with Crippen molar-refractivity contribution in [3.8, 4) is 0 Å². The van der Waals surface area contributed by atoms with Gasteiger partial charge in [0.25, 0.3) is 0 Å². The van der Waals surface area contributed by atoms with Gasteiger partial charge in [0.2, 0.25) is 0 Å². The van der Waals surface area contributed by atoms with Crippen LogP contribution in [0.4, 0.5) is 5.69 Å². The Morgan fingerprint density at radius 2 is 2.19 bits per heavy atom. The molecule has 2 atom stereocenters. The lowest BCUT2D eigenvalue weighted by Gasteiger charge is -2.39. The Morgan fingerprint density at radius 3 is 2.88 bits per heavy atom. The van der Waals surface area contributed by atoms with Gasteiger partial charge in [-0.2, -0.15) is 0 Å². The predicted molar refractivity (Wildman–Crippen MR) is 70.3 cm³/mol. The van der Waals surface area contributed by atoms with E-state index in [4.69, 9.17) is 11.6 Å². The number of para-hydroxylation sites is 1. The molecule has 1 fully saturated rings. The van der Waals surface area contributed by atoms with Crippen molar-refractivity contribution in [1.29, 1.82) is 0 Å². The number of anilines is 1. The Labute approximate surface area is 102 Å². The minimum atomic E-state index is -0.0204. The highest BCUT2D eigenvalue weighted by atomic mass is 35.5. The summed E-state index contributed by atoms with van der Waals surface area (Å²) < 4.78 is 0. The summed E-state index contributed by atoms with van der Waals surface area (Å²) in [6.45, 7) is 6.69. The van der Waals surface area contributed by atoms with Crippen molar-refractivity contribution in [3.05, 3.63) is 43.0 Å². The Balaban J connectivity index is 2.19. The van der Waals surface area contributed by atoms with E-state index in [0.717, 1.165) is 19.6 Å². The Hall–Kier alpha value is -0.990. The number of rotatable bonds is 3. The number of halogens is 1. The molecule has 0 saturated carbocycles. The first-order chi connectivity index (χ1) is 7.83. The van der Waals surface area contributed by atoms with E-state index in [-0.39, 0.29) is 11.4 Å². The van der Waals surface area contributed by atoms with Gasteiger partial charge in [-0.05, 0) is 12.1 Å². The van der Waals surface area contributed by atoms with Gasteiger partial charge < -0.3 is 10.2 Å². The largest absolute Gasteiger partial charge is 0.364 e. The molecule has 0 bridgehead atoms. The highest BCUT2D eigenvalue weighted by Crippen LogP contribution is 2.22. The van der Waals surface area contributed by atoms with Crippen molar-refractivity contribution in [2.45, 2.75) is 11.4 Å². The number of nitrogens with one attached hydrogen (secondary N) is 1. The summed E-state index contributed by atoms with van der Waals surface area (Å²) in [5.74, 6) is 0. The second kappa shape index (κ2) is 5.37. The summed E-state index contributed by atoms with van der Waals surface area (Å²) in [4.78, 5) is 2.36. The maximum Gasteiger partial charge on any atom is 0.0729 e. The molecule has 2 unspecified atom stereocenters. The molecule has 16 heavy (non-hydrogen) atoms. The minimum Gasteiger partial charge on any atom is -0.364 e. The van der Waals surface area contributed by atoms with Crippen LogP contribution in [-0.2, 0) is 0 Å². The van der Waals surface area contributed by atoms with Gasteiger partial charge >= 0.3 is 0 Å². The van der Waals surface area contributed by atoms with Crippen LogP contribution in [0.25, 0.3) is 0 Å². The smallest absolute Gasteiger partial charge is 0.0729 e. The molecule has 0 amide bonds. The van der Waals surface area contributed by atoms with E-state index in [1.165, 1.54) is 5.69 Å². The number of nitrogens with zero attached hydrogens (tertiary/aromatic N) is 1. The van der Waals surface area contributed by atoms with Crippen LogP contribution in [0.1, 0.15) is 0 Å². The van der Waals surface area contributed by atoms with Crippen molar-refractivity contribution in [1.82, 2.24) is 5.32 Å². The Kier molecular flexibility index (Phi) is 3.86. The number of benzene rings is 1. The van der Waals surface area contributed by atoms with Crippen molar-refractivity contribution < 1.29 is 0 Å². The molecule has 1 N–H and O–H groups in total. The third-order valence-electron chi connectivity index (χ3n) is 2.96. The van der Waals surface area contributed by atoms with Crippen molar-refractivity contribution in [2.75, 3.05) is 24.5 Å². The summed E-state index contributed by atoms with van der Waals surface area (Å²) in [5, 5.41) is 3.36. The number of alkyl halides is 1. The SMILES string of the molecule is C=CC(Cl)C1CNCCN1c1ccccc1. The summed E-state index contributed by atoms with van der Waals surface area (Å²) in [6.07, 6.45) is 1.81. The fourth-order valence-corrected chi connectivity index (χ4v) is 2.33. The maximum atomic E-state index is 6.29. The quantitative estimate of drug-likeness (QED) is 0.640. The van der Waals surface area contributed by atoms with Gasteiger partial charge in [-0.1, -0.05) is 24.3 Å². The van der Waals surface area contributed by atoms with E-state index in [1.807, 2.05) is 12.1 Å². The molecule has 1 aromatic rings. The van der Waals surface area contributed by atoms with Crippen LogP contribution >= 0.6 is 11.6 Å². The van der Waals surface area contributed by atoms with Crippen molar-refractivity contribution in [3.63, 3.8) is 0 Å². The monoisotopic (exact) mass is 236 g/mol. The van der Waals surface area contributed by atoms with Gasteiger partial charge in [0.05, 0.1) is 11.4 Å². The molecule has 3 heteroatoms. The summed E-state index contributed by atoms with van der Waals surface area (Å²) in [5.41, 5.74) is 1.24. The Bertz CT molecular complexity index is 339. The third kappa shape index (κ3) is 2.39. The molecule has 1 aliphatic heterocycles. The summed E-state index contributed by atoms with van der Waals surface area (Å²) in [6, 6.07) is 10.7. The number of hydrogen-bond donors (Lipinski definition) is 1. The van der Waals surface area contributed by atoms with E-state index in [9.17, 15) is 0 Å². The number of piperazine rings is 1. The zero-order chi connectivity index (χ0) is 11.4. The van der Waals surface area contributed by atoms with Gasteiger partial charge in [0.15, 0.2) is 0 Å². The van der Waals surface area contributed by atoms with E-state index < -0.39 is 0 Å². The molecule has 1 aliphatic rings. The van der Waals surface area contributed by atoms with E-state index in [0.29, 0.717) is 0 Å². The molecule has 2 nitrogen and oxygen atoms in total.